The Morgan fingerprint density at radius 2 is 0.460 bits per heavy atom. The van der Waals surface area contributed by atoms with Gasteiger partial charge in [-0.25, -0.2) is 0 Å². The molecule has 0 unspecified atom stereocenters. The molecule has 0 fully saturated rings. The summed E-state index contributed by atoms with van der Waals surface area (Å²) in [5.41, 5.74) is -4.67. The first-order valence-electron chi connectivity index (χ1n) is 13.9. The number of carboxylic acid groups (broad SMARTS) is 4. The molecular formula is C38H52O12. The Bertz CT molecular complexity index is 1350. The van der Waals surface area contributed by atoms with Crippen LogP contribution in [-0.4, -0.2) is 64.7 Å². The van der Waals surface area contributed by atoms with Crippen LogP contribution in [-0.2, 0) is 30.0 Å². The van der Waals surface area contributed by atoms with Gasteiger partial charge < -0.3 is 40.9 Å². The minimum absolute atomic E-state index is 0. The molecule has 0 spiro atoms. The van der Waals surface area contributed by atoms with Gasteiger partial charge in [-0.2, -0.15) is 0 Å². The number of benzene rings is 4. The van der Waals surface area contributed by atoms with E-state index in [1.165, 1.54) is 97.1 Å². The molecule has 0 amide bonds. The molecule has 0 saturated carbocycles. The van der Waals surface area contributed by atoms with Crippen LogP contribution < -0.4 is 0 Å². The van der Waals surface area contributed by atoms with Crippen molar-refractivity contribution in [3.8, 4) is 23.0 Å². The Kier molecular flexibility index (Phi) is 22.9. The van der Waals surface area contributed by atoms with Crippen molar-refractivity contribution in [3.05, 3.63) is 119 Å². The number of carbonyl (C=O) groups is 4. The third kappa shape index (κ3) is 10.5. The third-order valence-corrected chi connectivity index (χ3v) is 6.48. The fourth-order valence-electron chi connectivity index (χ4n) is 4.35. The van der Waals surface area contributed by atoms with Gasteiger partial charge in [-0.15, -0.1) is 0 Å². The first kappa shape index (κ1) is 50.8. The van der Waals surface area contributed by atoms with Crippen molar-refractivity contribution in [3.63, 3.8) is 0 Å². The summed E-state index contributed by atoms with van der Waals surface area (Å²) in [5.74, 6) is -6.66. The largest absolute Gasteiger partial charge is 0.508 e. The fourth-order valence-corrected chi connectivity index (χ4v) is 4.35. The molecule has 0 bridgehead atoms. The maximum absolute atomic E-state index is 11.7. The minimum Gasteiger partial charge on any atom is -0.508 e. The molecule has 4 rings (SSSR count). The molecule has 4 aromatic carbocycles. The predicted molar refractivity (Wildman–Crippen MR) is 194 cm³/mol. The van der Waals surface area contributed by atoms with E-state index in [4.69, 9.17) is 0 Å². The summed E-state index contributed by atoms with van der Waals surface area (Å²) in [6.45, 7) is 8.00. The summed E-state index contributed by atoms with van der Waals surface area (Å²) in [7, 11) is 0. The van der Waals surface area contributed by atoms with Crippen molar-refractivity contribution in [2.45, 2.75) is 68.2 Å². The zero-order valence-corrected chi connectivity index (χ0v) is 25.4. The topological polar surface area (TPSA) is 230 Å². The highest BCUT2D eigenvalue weighted by Crippen LogP contribution is 2.36. The average Bonchev–Trinajstić information content (AvgIpc) is 3.03. The maximum Gasteiger partial charge on any atom is 0.330 e. The van der Waals surface area contributed by atoms with Gasteiger partial charge in [0.1, 0.15) is 23.0 Å². The number of phenolic OH excluding ortho intramolecular Hbond substituents is 4. The second-order valence-electron chi connectivity index (χ2n) is 8.91. The monoisotopic (exact) mass is 700 g/mol. The number of hydrogen-bond acceptors (Lipinski definition) is 8. The highest BCUT2D eigenvalue weighted by Gasteiger charge is 2.51. The Morgan fingerprint density at radius 1 is 0.340 bits per heavy atom. The average molecular weight is 701 g/mol. The zero-order valence-electron chi connectivity index (χ0n) is 25.4. The molecule has 4 aromatic rings. The summed E-state index contributed by atoms with van der Waals surface area (Å²) in [5, 5.41) is 75.2. The molecule has 0 heterocycles. The number of aliphatic carboxylic acids is 4. The van der Waals surface area contributed by atoms with Gasteiger partial charge in [0.15, 0.2) is 0 Å². The van der Waals surface area contributed by atoms with Crippen molar-refractivity contribution < 1.29 is 60.0 Å². The lowest BCUT2D eigenvalue weighted by Gasteiger charge is -2.26. The van der Waals surface area contributed by atoms with E-state index in [-0.39, 0.29) is 75.0 Å². The van der Waals surface area contributed by atoms with E-state index in [0.717, 1.165) is 0 Å². The van der Waals surface area contributed by atoms with Crippen LogP contribution in [0.4, 0.5) is 0 Å². The Labute approximate surface area is 294 Å². The van der Waals surface area contributed by atoms with Crippen LogP contribution in [0.15, 0.2) is 97.1 Å². The van der Waals surface area contributed by atoms with Crippen LogP contribution in [0.25, 0.3) is 0 Å². The van der Waals surface area contributed by atoms with E-state index in [1.807, 2.05) is 27.7 Å². The summed E-state index contributed by atoms with van der Waals surface area (Å²) < 4.78 is 0. The van der Waals surface area contributed by atoms with Gasteiger partial charge in [-0.3, -0.25) is 19.2 Å². The second-order valence-corrected chi connectivity index (χ2v) is 8.91. The molecular weight excluding hydrogens is 648 g/mol. The van der Waals surface area contributed by atoms with Crippen molar-refractivity contribution >= 4 is 23.9 Å². The van der Waals surface area contributed by atoms with Gasteiger partial charge in [-0.05, 0) is 70.8 Å². The second kappa shape index (κ2) is 22.5. The molecule has 12 nitrogen and oxygen atoms in total. The van der Waals surface area contributed by atoms with Gasteiger partial charge in [0, 0.05) is 0 Å². The fraction of sp³-hybridized carbons (Fsp3) is 0.263. The number of hydrogen-bond donors (Lipinski definition) is 8. The summed E-state index contributed by atoms with van der Waals surface area (Å²) in [4.78, 5) is 46.9. The molecule has 50 heavy (non-hydrogen) atoms. The molecule has 0 aliphatic heterocycles. The van der Waals surface area contributed by atoms with Crippen LogP contribution in [0.3, 0.4) is 0 Å². The Hall–Kier alpha value is -6.04. The normalized spacial score (nSPS) is 9.52. The molecule has 0 radical (unpaired) electrons. The maximum atomic E-state index is 11.7. The Balaban J connectivity index is -0.000000359. The highest BCUT2D eigenvalue weighted by molar-refractivity contribution is 6.09. The first-order valence-corrected chi connectivity index (χ1v) is 13.9. The first-order chi connectivity index (χ1) is 21.8. The van der Waals surface area contributed by atoms with Crippen LogP contribution in [0.1, 0.15) is 79.7 Å². The quantitative estimate of drug-likeness (QED) is 0.0827. The van der Waals surface area contributed by atoms with Gasteiger partial charge in [0.25, 0.3) is 0 Å². The third-order valence-electron chi connectivity index (χ3n) is 6.48. The van der Waals surface area contributed by atoms with Gasteiger partial charge in [0.05, 0.1) is 0 Å². The highest BCUT2D eigenvalue weighted by atomic mass is 16.4. The zero-order chi connectivity index (χ0) is 35.2. The number of rotatable bonds is 8. The van der Waals surface area contributed by atoms with Gasteiger partial charge in [0.2, 0.25) is 10.8 Å². The molecule has 0 saturated heterocycles. The van der Waals surface area contributed by atoms with Crippen molar-refractivity contribution in [2.24, 2.45) is 0 Å². The van der Waals surface area contributed by atoms with E-state index in [0.29, 0.717) is 0 Å². The van der Waals surface area contributed by atoms with Gasteiger partial charge in [-0.1, -0.05) is 106 Å². The number of phenols is 4. The van der Waals surface area contributed by atoms with E-state index >= 15 is 0 Å². The van der Waals surface area contributed by atoms with Crippen molar-refractivity contribution in [1.29, 1.82) is 0 Å². The smallest absolute Gasteiger partial charge is 0.330 e. The Morgan fingerprint density at radius 3 is 0.560 bits per heavy atom. The SMILES string of the molecule is C.C.C.C.CC.CC.O=C(O)C(C(=O)O)(c1ccc(O)cc1)c1ccc(O)cc1.O=C(O)C(C(=O)O)(c1ccc(O)cc1)c1ccc(O)cc1. The molecule has 12 heteroatoms. The predicted octanol–water partition coefficient (Wildman–Crippen LogP) is 7.70. The van der Waals surface area contributed by atoms with E-state index in [2.05, 4.69) is 0 Å². The van der Waals surface area contributed by atoms with Crippen LogP contribution >= 0.6 is 0 Å². The molecule has 0 aliphatic rings. The molecule has 276 valence electrons. The lowest BCUT2D eigenvalue weighted by molar-refractivity contribution is -0.157. The summed E-state index contributed by atoms with van der Waals surface area (Å²) >= 11 is 0. The lowest BCUT2D eigenvalue weighted by atomic mass is 9.74. The van der Waals surface area contributed by atoms with Crippen molar-refractivity contribution in [2.75, 3.05) is 0 Å². The van der Waals surface area contributed by atoms with E-state index < -0.39 is 34.7 Å². The number of aromatic hydroxyl groups is 4. The van der Waals surface area contributed by atoms with Crippen LogP contribution in [0, 0.1) is 0 Å². The number of carboxylic acids is 4. The van der Waals surface area contributed by atoms with E-state index in [9.17, 15) is 60.0 Å². The lowest BCUT2D eigenvalue weighted by Crippen LogP contribution is -2.44. The summed E-state index contributed by atoms with van der Waals surface area (Å²) in [6.07, 6.45) is 0. The summed E-state index contributed by atoms with van der Waals surface area (Å²) in [6, 6.07) is 19.7. The van der Waals surface area contributed by atoms with E-state index in [1.54, 1.807) is 0 Å². The van der Waals surface area contributed by atoms with Crippen molar-refractivity contribution in [1.82, 2.24) is 0 Å². The minimum atomic E-state index is -2.32. The molecule has 0 aromatic heterocycles. The van der Waals surface area contributed by atoms with Gasteiger partial charge >= 0.3 is 23.9 Å². The molecule has 0 atom stereocenters. The molecule has 8 N–H and O–H groups in total. The van der Waals surface area contributed by atoms with Crippen LogP contribution in [0.5, 0.6) is 23.0 Å². The van der Waals surface area contributed by atoms with Crippen LogP contribution in [0.2, 0.25) is 0 Å². The molecule has 0 aliphatic carbocycles. The standard InChI is InChI=1S/2C15H12O6.2C2H6.4CH4/c2*16-11-5-1-9(2-6-11)15(13(18)19,14(20)21)10-3-7-12(17)8-4-10;2*1-2;;;;/h2*1-8,16-17H,(H,18,19)(H,20,21);2*1-2H3;4*1H4.